The number of carbonyl (C=O) groups is 1. The lowest BCUT2D eigenvalue weighted by Gasteiger charge is -2.35. The third kappa shape index (κ3) is 4.59. The van der Waals surface area contributed by atoms with Gasteiger partial charge in [0.1, 0.15) is 5.82 Å². The first-order valence-corrected chi connectivity index (χ1v) is 9.91. The Labute approximate surface area is 165 Å². The Morgan fingerprint density at radius 2 is 1.89 bits per heavy atom. The van der Waals surface area contributed by atoms with Gasteiger partial charge < -0.3 is 19.3 Å². The molecule has 0 unspecified atom stereocenters. The van der Waals surface area contributed by atoms with Gasteiger partial charge in [0.05, 0.1) is 12.2 Å². The Balaban J connectivity index is 1.28. The summed E-state index contributed by atoms with van der Waals surface area (Å²) in [4.78, 5) is 25.5. The summed E-state index contributed by atoms with van der Waals surface area (Å²) in [5.41, 5.74) is 0.602. The highest BCUT2D eigenvalue weighted by Gasteiger charge is 2.23. The number of ether oxygens (including phenoxy) is 2. The van der Waals surface area contributed by atoms with E-state index in [-0.39, 0.29) is 5.91 Å². The largest absolute Gasteiger partial charge is 0.477 e. The summed E-state index contributed by atoms with van der Waals surface area (Å²) in [7, 11) is 0. The summed E-state index contributed by atoms with van der Waals surface area (Å²) >= 11 is 0. The maximum absolute atomic E-state index is 12.8. The molecule has 0 saturated carbocycles. The van der Waals surface area contributed by atoms with E-state index in [1.807, 2.05) is 23.1 Å². The normalized spacial score (nSPS) is 18.1. The molecule has 2 aromatic rings. The molecule has 4 heterocycles. The van der Waals surface area contributed by atoms with E-state index in [1.165, 1.54) is 0 Å². The third-order valence-corrected chi connectivity index (χ3v) is 5.33. The van der Waals surface area contributed by atoms with Gasteiger partial charge in [0.2, 0.25) is 5.88 Å². The van der Waals surface area contributed by atoms with Gasteiger partial charge in [-0.2, -0.15) is 0 Å². The molecular weight excluding hydrogens is 356 g/mol. The summed E-state index contributed by atoms with van der Waals surface area (Å²) in [5.74, 6) is 2.07. The fourth-order valence-corrected chi connectivity index (χ4v) is 3.57. The monoisotopic (exact) mass is 382 g/mol. The fourth-order valence-electron chi connectivity index (χ4n) is 3.57. The van der Waals surface area contributed by atoms with Crippen molar-refractivity contribution in [2.75, 3.05) is 50.9 Å². The van der Waals surface area contributed by atoms with Gasteiger partial charge in [-0.1, -0.05) is 6.07 Å². The minimum Gasteiger partial charge on any atom is -0.477 e. The van der Waals surface area contributed by atoms with Crippen LogP contribution in [0.25, 0.3) is 0 Å². The quantitative estimate of drug-likeness (QED) is 0.790. The molecule has 2 saturated heterocycles. The van der Waals surface area contributed by atoms with Gasteiger partial charge in [-0.25, -0.2) is 9.97 Å². The SMILES string of the molecule is O=C(c1ccc(OCC2CCOCC2)nc1)N1CCN(c2ccccn2)CC1. The third-order valence-electron chi connectivity index (χ3n) is 5.33. The van der Waals surface area contributed by atoms with Crippen molar-refractivity contribution in [3.8, 4) is 5.88 Å². The van der Waals surface area contributed by atoms with Crippen LogP contribution in [-0.4, -0.2) is 66.8 Å². The van der Waals surface area contributed by atoms with Crippen molar-refractivity contribution in [3.63, 3.8) is 0 Å². The van der Waals surface area contributed by atoms with E-state index in [1.54, 1.807) is 24.5 Å². The summed E-state index contributed by atoms with van der Waals surface area (Å²) in [6, 6.07) is 9.49. The van der Waals surface area contributed by atoms with Crippen molar-refractivity contribution < 1.29 is 14.3 Å². The molecule has 0 aliphatic carbocycles. The van der Waals surface area contributed by atoms with Crippen molar-refractivity contribution in [1.82, 2.24) is 14.9 Å². The first-order valence-electron chi connectivity index (χ1n) is 9.91. The number of nitrogens with zero attached hydrogens (tertiary/aromatic N) is 4. The summed E-state index contributed by atoms with van der Waals surface area (Å²) < 4.78 is 11.1. The highest BCUT2D eigenvalue weighted by Crippen LogP contribution is 2.18. The smallest absolute Gasteiger partial charge is 0.255 e. The minimum absolute atomic E-state index is 0.0177. The standard InChI is InChI=1S/C21H26N4O3/c26-21(25-11-9-24(10-12-25)19-3-1-2-8-22-19)18-4-5-20(23-15-18)28-16-17-6-13-27-14-7-17/h1-5,8,15,17H,6-7,9-14,16H2. The number of rotatable bonds is 5. The molecule has 2 fully saturated rings. The van der Waals surface area contributed by atoms with Gasteiger partial charge in [-0.15, -0.1) is 0 Å². The predicted octanol–water partition coefficient (Wildman–Crippen LogP) is 2.24. The van der Waals surface area contributed by atoms with E-state index in [2.05, 4.69) is 14.9 Å². The average Bonchev–Trinajstić information content (AvgIpc) is 2.79. The maximum Gasteiger partial charge on any atom is 0.255 e. The molecule has 0 atom stereocenters. The minimum atomic E-state index is 0.0177. The zero-order valence-electron chi connectivity index (χ0n) is 16.0. The van der Waals surface area contributed by atoms with Crippen molar-refractivity contribution in [1.29, 1.82) is 0 Å². The highest BCUT2D eigenvalue weighted by atomic mass is 16.5. The second kappa shape index (κ2) is 9.01. The molecule has 2 aromatic heterocycles. The van der Waals surface area contributed by atoms with Crippen molar-refractivity contribution in [2.45, 2.75) is 12.8 Å². The molecule has 0 spiro atoms. The number of hydrogen-bond acceptors (Lipinski definition) is 6. The second-order valence-electron chi connectivity index (χ2n) is 7.22. The van der Waals surface area contributed by atoms with Crippen molar-refractivity contribution >= 4 is 11.7 Å². The molecule has 0 radical (unpaired) electrons. The molecule has 0 aromatic carbocycles. The van der Waals surface area contributed by atoms with Crippen molar-refractivity contribution in [2.24, 2.45) is 5.92 Å². The van der Waals surface area contributed by atoms with Gasteiger partial charge >= 0.3 is 0 Å². The van der Waals surface area contributed by atoms with Gasteiger partial charge in [0.25, 0.3) is 5.91 Å². The van der Waals surface area contributed by atoms with Crippen LogP contribution in [-0.2, 0) is 4.74 Å². The highest BCUT2D eigenvalue weighted by molar-refractivity contribution is 5.94. The number of anilines is 1. The number of hydrogen-bond donors (Lipinski definition) is 0. The molecule has 7 heteroatoms. The van der Waals surface area contributed by atoms with E-state index < -0.39 is 0 Å². The lowest BCUT2D eigenvalue weighted by Crippen LogP contribution is -2.49. The van der Waals surface area contributed by atoms with Crippen LogP contribution in [0.15, 0.2) is 42.7 Å². The van der Waals surface area contributed by atoms with E-state index in [4.69, 9.17) is 9.47 Å². The van der Waals surface area contributed by atoms with Gasteiger partial charge in [-0.05, 0) is 37.0 Å². The number of amides is 1. The molecule has 148 valence electrons. The van der Waals surface area contributed by atoms with Gasteiger partial charge in [-0.3, -0.25) is 4.79 Å². The molecule has 28 heavy (non-hydrogen) atoms. The zero-order chi connectivity index (χ0) is 19.2. The Kier molecular flexibility index (Phi) is 6.01. The van der Waals surface area contributed by atoms with E-state index in [0.29, 0.717) is 37.1 Å². The average molecular weight is 382 g/mol. The Morgan fingerprint density at radius 3 is 2.57 bits per heavy atom. The molecule has 0 N–H and O–H groups in total. The van der Waals surface area contributed by atoms with E-state index >= 15 is 0 Å². The maximum atomic E-state index is 12.8. The molecule has 4 rings (SSSR count). The Bertz CT molecular complexity index is 755. The number of piperazine rings is 1. The molecule has 2 aliphatic heterocycles. The summed E-state index contributed by atoms with van der Waals surface area (Å²) in [6.07, 6.45) is 5.47. The van der Waals surface area contributed by atoms with Crippen LogP contribution in [0.1, 0.15) is 23.2 Å². The first-order chi connectivity index (χ1) is 13.8. The predicted molar refractivity (Wildman–Crippen MR) is 106 cm³/mol. The lowest BCUT2D eigenvalue weighted by molar-refractivity contribution is 0.0490. The van der Waals surface area contributed by atoms with Crippen LogP contribution >= 0.6 is 0 Å². The summed E-state index contributed by atoms with van der Waals surface area (Å²) in [5, 5.41) is 0. The lowest BCUT2D eigenvalue weighted by atomic mass is 10.0. The molecule has 2 aliphatic rings. The van der Waals surface area contributed by atoms with Crippen LogP contribution in [0.4, 0.5) is 5.82 Å². The molecule has 0 bridgehead atoms. The number of pyridine rings is 2. The number of carbonyl (C=O) groups excluding carboxylic acids is 1. The van der Waals surface area contributed by atoms with E-state index in [9.17, 15) is 4.79 Å². The van der Waals surface area contributed by atoms with Gasteiger partial charge in [0, 0.05) is 57.9 Å². The van der Waals surface area contributed by atoms with Gasteiger partial charge in [0.15, 0.2) is 0 Å². The summed E-state index contributed by atoms with van der Waals surface area (Å²) in [6.45, 7) is 5.18. The van der Waals surface area contributed by atoms with Crippen LogP contribution in [0, 0.1) is 5.92 Å². The van der Waals surface area contributed by atoms with Crippen LogP contribution < -0.4 is 9.64 Å². The fraction of sp³-hybridized carbons (Fsp3) is 0.476. The topological polar surface area (TPSA) is 67.8 Å². The first kappa shape index (κ1) is 18.7. The molecular formula is C21H26N4O3. The Hall–Kier alpha value is -2.67. The second-order valence-corrected chi connectivity index (χ2v) is 7.22. The van der Waals surface area contributed by atoms with Crippen LogP contribution in [0.3, 0.4) is 0 Å². The van der Waals surface area contributed by atoms with E-state index in [0.717, 1.165) is 45.0 Å². The Morgan fingerprint density at radius 1 is 1.07 bits per heavy atom. The molecule has 1 amide bonds. The zero-order valence-corrected chi connectivity index (χ0v) is 16.0. The van der Waals surface area contributed by atoms with Crippen LogP contribution in [0.5, 0.6) is 5.88 Å². The molecule has 7 nitrogen and oxygen atoms in total. The van der Waals surface area contributed by atoms with Crippen LogP contribution in [0.2, 0.25) is 0 Å². The number of aromatic nitrogens is 2. The van der Waals surface area contributed by atoms with Crippen molar-refractivity contribution in [3.05, 3.63) is 48.3 Å².